The van der Waals surface area contributed by atoms with E-state index in [1.54, 1.807) is 42.5 Å². The molecule has 2 amide bonds. The Morgan fingerprint density at radius 2 is 1.20 bits per heavy atom. The number of halogens is 1. The molecule has 0 saturated carbocycles. The predicted octanol–water partition coefficient (Wildman–Crippen LogP) is 4.95. The fraction of sp³-hybridized carbons (Fsp3) is 0. The quantitative estimate of drug-likeness (QED) is 0.657. The monoisotopic (exact) mass is 394 g/mol. The number of benzene rings is 3. The molecule has 3 rings (SSSR count). The van der Waals surface area contributed by atoms with Gasteiger partial charge in [-0.1, -0.05) is 46.3 Å². The highest BCUT2D eigenvalue weighted by Gasteiger charge is 2.10. The molecule has 0 unspecified atom stereocenters. The highest BCUT2D eigenvalue weighted by Crippen LogP contribution is 2.16. The first kappa shape index (κ1) is 16.9. The topological polar surface area (TPSA) is 58.2 Å². The highest BCUT2D eigenvalue weighted by molar-refractivity contribution is 9.10. The third-order valence-electron chi connectivity index (χ3n) is 3.50. The SMILES string of the molecule is O=C(Nc1cccc(C(=O)Nc2ccccc2)c1)c1cccc(Br)c1. The zero-order valence-corrected chi connectivity index (χ0v) is 14.8. The summed E-state index contributed by atoms with van der Waals surface area (Å²) in [5, 5.41) is 5.62. The van der Waals surface area contributed by atoms with E-state index in [4.69, 9.17) is 0 Å². The van der Waals surface area contributed by atoms with Crippen LogP contribution in [0.1, 0.15) is 20.7 Å². The van der Waals surface area contributed by atoms with Gasteiger partial charge in [0.2, 0.25) is 0 Å². The van der Waals surface area contributed by atoms with E-state index in [9.17, 15) is 9.59 Å². The third kappa shape index (κ3) is 4.55. The number of rotatable bonds is 4. The standard InChI is InChI=1S/C20H15BrN2O2/c21-16-8-4-6-14(12-16)19(24)23-18-11-5-7-15(13-18)20(25)22-17-9-2-1-3-10-17/h1-13H,(H,22,25)(H,23,24). The minimum atomic E-state index is -0.234. The fourth-order valence-corrected chi connectivity index (χ4v) is 2.70. The van der Waals surface area contributed by atoms with E-state index in [0.29, 0.717) is 16.8 Å². The lowest BCUT2D eigenvalue weighted by atomic mass is 10.1. The normalized spacial score (nSPS) is 10.1. The summed E-state index contributed by atoms with van der Waals surface area (Å²) >= 11 is 3.35. The molecule has 0 heterocycles. The van der Waals surface area contributed by atoms with Crippen LogP contribution in [0.3, 0.4) is 0 Å². The summed E-state index contributed by atoms with van der Waals surface area (Å²) in [4.78, 5) is 24.6. The summed E-state index contributed by atoms with van der Waals surface area (Å²) in [6.45, 7) is 0. The van der Waals surface area contributed by atoms with Crippen LogP contribution in [0.15, 0.2) is 83.3 Å². The summed E-state index contributed by atoms with van der Waals surface area (Å²) in [5.74, 6) is -0.466. The summed E-state index contributed by atoms with van der Waals surface area (Å²) in [7, 11) is 0. The van der Waals surface area contributed by atoms with Crippen LogP contribution in [-0.4, -0.2) is 11.8 Å². The largest absolute Gasteiger partial charge is 0.322 e. The van der Waals surface area contributed by atoms with Crippen LogP contribution < -0.4 is 10.6 Å². The Kier molecular flexibility index (Phi) is 5.26. The molecule has 0 saturated heterocycles. The Bertz CT molecular complexity index is 910. The van der Waals surface area contributed by atoms with Gasteiger partial charge in [-0.3, -0.25) is 9.59 Å². The van der Waals surface area contributed by atoms with Crippen LogP contribution in [0, 0.1) is 0 Å². The van der Waals surface area contributed by atoms with Crippen molar-refractivity contribution < 1.29 is 9.59 Å². The van der Waals surface area contributed by atoms with Gasteiger partial charge >= 0.3 is 0 Å². The minimum Gasteiger partial charge on any atom is -0.322 e. The molecule has 5 heteroatoms. The third-order valence-corrected chi connectivity index (χ3v) is 3.99. The molecule has 25 heavy (non-hydrogen) atoms. The first-order valence-corrected chi connectivity index (χ1v) is 8.44. The van der Waals surface area contributed by atoms with Gasteiger partial charge in [-0.25, -0.2) is 0 Å². The number of hydrogen-bond acceptors (Lipinski definition) is 2. The van der Waals surface area contributed by atoms with Gasteiger partial charge in [0.05, 0.1) is 0 Å². The molecule has 0 aliphatic carbocycles. The summed E-state index contributed by atoms with van der Waals surface area (Å²) in [6, 6.07) is 23.2. The smallest absolute Gasteiger partial charge is 0.255 e. The van der Waals surface area contributed by atoms with Crippen molar-refractivity contribution in [2.24, 2.45) is 0 Å². The molecule has 0 aliphatic rings. The molecule has 0 aliphatic heterocycles. The molecule has 3 aromatic carbocycles. The number of amides is 2. The van der Waals surface area contributed by atoms with Crippen molar-refractivity contribution in [3.63, 3.8) is 0 Å². The molecule has 0 bridgehead atoms. The van der Waals surface area contributed by atoms with E-state index in [0.717, 1.165) is 10.2 Å². The molecule has 0 atom stereocenters. The molecule has 0 aromatic heterocycles. The Morgan fingerprint density at radius 1 is 0.640 bits per heavy atom. The van der Waals surface area contributed by atoms with E-state index < -0.39 is 0 Å². The van der Waals surface area contributed by atoms with Crippen LogP contribution in [0.2, 0.25) is 0 Å². The van der Waals surface area contributed by atoms with Crippen molar-refractivity contribution in [3.8, 4) is 0 Å². The average Bonchev–Trinajstić information content (AvgIpc) is 2.63. The van der Waals surface area contributed by atoms with Gasteiger partial charge in [0, 0.05) is 27.0 Å². The molecule has 4 nitrogen and oxygen atoms in total. The maximum Gasteiger partial charge on any atom is 0.255 e. The van der Waals surface area contributed by atoms with E-state index in [1.807, 2.05) is 36.4 Å². The van der Waals surface area contributed by atoms with Gasteiger partial charge < -0.3 is 10.6 Å². The second-order valence-electron chi connectivity index (χ2n) is 5.37. The van der Waals surface area contributed by atoms with Gasteiger partial charge in [0.1, 0.15) is 0 Å². The zero-order chi connectivity index (χ0) is 17.6. The van der Waals surface area contributed by atoms with E-state index >= 15 is 0 Å². The van der Waals surface area contributed by atoms with Crippen molar-refractivity contribution in [2.75, 3.05) is 10.6 Å². The molecular weight excluding hydrogens is 380 g/mol. The number of hydrogen-bond donors (Lipinski definition) is 2. The Balaban J connectivity index is 1.73. The maximum atomic E-state index is 12.3. The zero-order valence-electron chi connectivity index (χ0n) is 13.2. The molecule has 0 radical (unpaired) electrons. The van der Waals surface area contributed by atoms with Crippen molar-refractivity contribution in [2.45, 2.75) is 0 Å². The van der Waals surface area contributed by atoms with Crippen LogP contribution in [-0.2, 0) is 0 Å². The number of carbonyl (C=O) groups excluding carboxylic acids is 2. The summed E-state index contributed by atoms with van der Waals surface area (Å²) < 4.78 is 0.830. The number of anilines is 2. The highest BCUT2D eigenvalue weighted by atomic mass is 79.9. The van der Waals surface area contributed by atoms with Crippen molar-refractivity contribution in [3.05, 3.63) is 94.5 Å². The lowest BCUT2D eigenvalue weighted by Gasteiger charge is -2.09. The van der Waals surface area contributed by atoms with Crippen LogP contribution >= 0.6 is 15.9 Å². The van der Waals surface area contributed by atoms with Gasteiger partial charge in [-0.15, -0.1) is 0 Å². The van der Waals surface area contributed by atoms with Gasteiger partial charge in [0.25, 0.3) is 11.8 Å². The lowest BCUT2D eigenvalue weighted by molar-refractivity contribution is 0.101. The van der Waals surface area contributed by atoms with E-state index in [-0.39, 0.29) is 11.8 Å². The number of carbonyl (C=O) groups is 2. The van der Waals surface area contributed by atoms with Crippen molar-refractivity contribution in [1.82, 2.24) is 0 Å². The van der Waals surface area contributed by atoms with Crippen molar-refractivity contribution in [1.29, 1.82) is 0 Å². The average molecular weight is 395 g/mol. The molecule has 3 aromatic rings. The molecule has 2 N–H and O–H groups in total. The van der Waals surface area contributed by atoms with Crippen LogP contribution in [0.25, 0.3) is 0 Å². The molecule has 124 valence electrons. The molecule has 0 spiro atoms. The van der Waals surface area contributed by atoms with E-state index in [2.05, 4.69) is 26.6 Å². The first-order valence-electron chi connectivity index (χ1n) is 7.65. The summed E-state index contributed by atoms with van der Waals surface area (Å²) in [5.41, 5.74) is 2.28. The van der Waals surface area contributed by atoms with Gasteiger partial charge in [-0.2, -0.15) is 0 Å². The number of nitrogens with one attached hydrogen (secondary N) is 2. The van der Waals surface area contributed by atoms with Crippen molar-refractivity contribution >= 4 is 39.1 Å². The Hall–Kier alpha value is -2.92. The van der Waals surface area contributed by atoms with E-state index in [1.165, 1.54) is 0 Å². The van der Waals surface area contributed by atoms with Crippen LogP contribution in [0.4, 0.5) is 11.4 Å². The van der Waals surface area contributed by atoms with Gasteiger partial charge in [0.15, 0.2) is 0 Å². The maximum absolute atomic E-state index is 12.3. The second kappa shape index (κ2) is 7.77. The van der Waals surface area contributed by atoms with Crippen LogP contribution in [0.5, 0.6) is 0 Å². The minimum absolute atomic E-state index is 0.232. The van der Waals surface area contributed by atoms with Gasteiger partial charge in [-0.05, 0) is 48.5 Å². The fourth-order valence-electron chi connectivity index (χ4n) is 2.30. The lowest BCUT2D eigenvalue weighted by Crippen LogP contribution is -2.14. The second-order valence-corrected chi connectivity index (χ2v) is 6.28. The predicted molar refractivity (Wildman–Crippen MR) is 103 cm³/mol. The summed E-state index contributed by atoms with van der Waals surface area (Å²) in [6.07, 6.45) is 0. The first-order chi connectivity index (χ1) is 12.1. The molecular formula is C20H15BrN2O2. The Labute approximate surface area is 154 Å². The molecule has 0 fully saturated rings. The number of para-hydroxylation sites is 1. The Morgan fingerprint density at radius 3 is 1.88 bits per heavy atom.